The van der Waals surface area contributed by atoms with Gasteiger partial charge < -0.3 is 9.32 Å². The van der Waals surface area contributed by atoms with Gasteiger partial charge in [-0.1, -0.05) is 13.8 Å². The molecule has 0 bridgehead atoms. The maximum absolute atomic E-state index is 12.6. The van der Waals surface area contributed by atoms with Crippen LogP contribution in [-0.2, 0) is 10.2 Å². The second-order valence-corrected chi connectivity index (χ2v) is 8.44. The van der Waals surface area contributed by atoms with Gasteiger partial charge in [0, 0.05) is 33.2 Å². The lowest BCUT2D eigenvalue weighted by atomic mass is 9.92. The first-order valence-electron chi connectivity index (χ1n) is 7.66. The average molecular weight is 343 g/mol. The summed E-state index contributed by atoms with van der Waals surface area (Å²) in [7, 11) is -0.561. The van der Waals surface area contributed by atoms with Gasteiger partial charge in [0.25, 0.3) is 16.1 Å². The van der Waals surface area contributed by atoms with E-state index in [4.69, 9.17) is 4.42 Å². The van der Waals surface area contributed by atoms with E-state index in [9.17, 15) is 13.2 Å². The third-order valence-corrected chi connectivity index (χ3v) is 5.94. The van der Waals surface area contributed by atoms with E-state index in [2.05, 4.69) is 4.72 Å². The SMILES string of the molecule is Cc1occc1C(=O)N1C[C@@H](NS(=O)(=O)N(C)C)[C@H](C(C)C)C1. The van der Waals surface area contributed by atoms with Crippen LogP contribution in [0.2, 0.25) is 0 Å². The van der Waals surface area contributed by atoms with Gasteiger partial charge in [0.05, 0.1) is 11.8 Å². The number of likely N-dealkylation sites (tertiary alicyclic amines) is 1. The van der Waals surface area contributed by atoms with E-state index in [0.29, 0.717) is 24.4 Å². The molecule has 8 heteroatoms. The van der Waals surface area contributed by atoms with Gasteiger partial charge in [0.2, 0.25) is 0 Å². The summed E-state index contributed by atoms with van der Waals surface area (Å²) < 4.78 is 33.3. The van der Waals surface area contributed by atoms with Gasteiger partial charge in [-0.2, -0.15) is 17.4 Å². The highest BCUT2D eigenvalue weighted by atomic mass is 32.2. The van der Waals surface area contributed by atoms with Crippen LogP contribution >= 0.6 is 0 Å². The quantitative estimate of drug-likeness (QED) is 0.867. The second-order valence-electron chi connectivity index (χ2n) is 6.52. The molecule has 1 aromatic heterocycles. The summed E-state index contributed by atoms with van der Waals surface area (Å²) in [5.74, 6) is 0.788. The fourth-order valence-electron chi connectivity index (χ4n) is 2.87. The van der Waals surface area contributed by atoms with Gasteiger partial charge in [-0.3, -0.25) is 4.79 Å². The number of nitrogens with zero attached hydrogens (tertiary/aromatic N) is 2. The molecule has 0 spiro atoms. The second kappa shape index (κ2) is 6.62. The molecule has 2 atom stereocenters. The number of hydrogen-bond acceptors (Lipinski definition) is 4. The molecule has 1 saturated heterocycles. The molecule has 7 nitrogen and oxygen atoms in total. The Kier molecular flexibility index (Phi) is 5.17. The van der Waals surface area contributed by atoms with Crippen molar-refractivity contribution in [3.05, 3.63) is 23.7 Å². The summed E-state index contributed by atoms with van der Waals surface area (Å²) >= 11 is 0. The Bertz CT molecular complexity index is 666. The van der Waals surface area contributed by atoms with Gasteiger partial charge >= 0.3 is 0 Å². The third kappa shape index (κ3) is 3.76. The number of carbonyl (C=O) groups is 1. The molecule has 130 valence electrons. The number of furan rings is 1. The van der Waals surface area contributed by atoms with Crippen molar-refractivity contribution in [1.82, 2.24) is 13.9 Å². The van der Waals surface area contributed by atoms with Crippen LogP contribution in [-0.4, -0.2) is 56.8 Å². The van der Waals surface area contributed by atoms with Crippen molar-refractivity contribution in [3.8, 4) is 0 Å². The summed E-state index contributed by atoms with van der Waals surface area (Å²) in [4.78, 5) is 14.3. The molecule has 1 amide bonds. The zero-order chi connectivity index (χ0) is 17.4. The minimum Gasteiger partial charge on any atom is -0.469 e. The summed E-state index contributed by atoms with van der Waals surface area (Å²) in [6, 6.07) is 1.36. The van der Waals surface area contributed by atoms with E-state index in [-0.39, 0.29) is 23.8 Å². The van der Waals surface area contributed by atoms with Crippen LogP contribution in [0.4, 0.5) is 0 Å². The highest BCUT2D eigenvalue weighted by Gasteiger charge is 2.39. The molecule has 0 aromatic carbocycles. The minimum absolute atomic E-state index is 0.0703. The fourth-order valence-corrected chi connectivity index (χ4v) is 3.71. The molecule has 1 fully saturated rings. The first-order chi connectivity index (χ1) is 10.6. The lowest BCUT2D eigenvalue weighted by Crippen LogP contribution is -2.46. The molecule has 2 rings (SSSR count). The van der Waals surface area contributed by atoms with Crippen LogP contribution in [0.15, 0.2) is 16.7 Å². The van der Waals surface area contributed by atoms with Crippen molar-refractivity contribution in [2.75, 3.05) is 27.2 Å². The molecule has 0 unspecified atom stereocenters. The number of carbonyl (C=O) groups excluding carboxylic acids is 1. The van der Waals surface area contributed by atoms with E-state index < -0.39 is 10.2 Å². The van der Waals surface area contributed by atoms with Crippen molar-refractivity contribution in [1.29, 1.82) is 0 Å². The molecule has 1 aromatic rings. The maximum atomic E-state index is 12.6. The normalized spacial score (nSPS) is 22.3. The minimum atomic E-state index is -3.53. The average Bonchev–Trinajstić information content (AvgIpc) is 3.04. The lowest BCUT2D eigenvalue weighted by Gasteiger charge is -2.24. The van der Waals surface area contributed by atoms with E-state index >= 15 is 0 Å². The number of hydrogen-bond donors (Lipinski definition) is 1. The molecule has 1 N–H and O–H groups in total. The predicted molar refractivity (Wildman–Crippen MR) is 87.2 cm³/mol. The Balaban J connectivity index is 2.18. The van der Waals surface area contributed by atoms with Crippen LogP contribution in [0, 0.1) is 18.8 Å². The van der Waals surface area contributed by atoms with Crippen molar-refractivity contribution < 1.29 is 17.6 Å². The highest BCUT2D eigenvalue weighted by molar-refractivity contribution is 7.87. The summed E-state index contributed by atoms with van der Waals surface area (Å²) in [6.45, 7) is 6.72. The van der Waals surface area contributed by atoms with Crippen LogP contribution < -0.4 is 4.72 Å². The standard InChI is InChI=1S/C15H25N3O4S/c1-10(2)13-8-18(15(19)12-6-7-22-11(12)3)9-14(13)16-23(20,21)17(4)5/h6-7,10,13-14,16H,8-9H2,1-5H3/t13-,14+/m0/s1. The summed E-state index contributed by atoms with van der Waals surface area (Å²) in [6.07, 6.45) is 1.49. The fraction of sp³-hybridized carbons (Fsp3) is 0.667. The van der Waals surface area contributed by atoms with Crippen molar-refractivity contribution in [2.24, 2.45) is 11.8 Å². The van der Waals surface area contributed by atoms with E-state index in [0.717, 1.165) is 4.31 Å². The Hall–Kier alpha value is -1.38. The van der Waals surface area contributed by atoms with Crippen LogP contribution in [0.3, 0.4) is 0 Å². The van der Waals surface area contributed by atoms with E-state index in [1.54, 1.807) is 17.9 Å². The predicted octanol–water partition coefficient (Wildman–Crippen LogP) is 1.08. The van der Waals surface area contributed by atoms with Crippen molar-refractivity contribution >= 4 is 16.1 Å². The van der Waals surface area contributed by atoms with Gasteiger partial charge in [-0.25, -0.2) is 0 Å². The molecule has 1 aliphatic rings. The topological polar surface area (TPSA) is 82.9 Å². The molecular formula is C15H25N3O4S. The van der Waals surface area contributed by atoms with Crippen LogP contribution in [0.1, 0.15) is 30.0 Å². The Morgan fingerprint density at radius 1 is 1.39 bits per heavy atom. The number of amides is 1. The lowest BCUT2D eigenvalue weighted by molar-refractivity contribution is 0.0781. The first-order valence-corrected chi connectivity index (χ1v) is 9.10. The highest BCUT2D eigenvalue weighted by Crippen LogP contribution is 2.27. The number of aryl methyl sites for hydroxylation is 1. The molecule has 23 heavy (non-hydrogen) atoms. The van der Waals surface area contributed by atoms with E-state index in [1.165, 1.54) is 20.4 Å². The van der Waals surface area contributed by atoms with Crippen molar-refractivity contribution in [3.63, 3.8) is 0 Å². The van der Waals surface area contributed by atoms with Crippen LogP contribution in [0.25, 0.3) is 0 Å². The molecular weight excluding hydrogens is 318 g/mol. The third-order valence-electron chi connectivity index (χ3n) is 4.38. The Labute approximate surface area is 137 Å². The summed E-state index contributed by atoms with van der Waals surface area (Å²) in [5, 5.41) is 0. The zero-order valence-corrected chi connectivity index (χ0v) is 15.1. The Morgan fingerprint density at radius 2 is 2.04 bits per heavy atom. The van der Waals surface area contributed by atoms with E-state index in [1.807, 2.05) is 13.8 Å². The smallest absolute Gasteiger partial charge is 0.279 e. The summed E-state index contributed by atoms with van der Waals surface area (Å²) in [5.41, 5.74) is 0.531. The maximum Gasteiger partial charge on any atom is 0.279 e. The Morgan fingerprint density at radius 3 is 2.52 bits per heavy atom. The van der Waals surface area contributed by atoms with Gasteiger partial charge in [-0.15, -0.1) is 0 Å². The zero-order valence-electron chi connectivity index (χ0n) is 14.2. The molecule has 0 aliphatic carbocycles. The largest absolute Gasteiger partial charge is 0.469 e. The number of rotatable bonds is 5. The van der Waals surface area contributed by atoms with Gasteiger partial charge in [0.1, 0.15) is 5.76 Å². The number of nitrogens with one attached hydrogen (secondary N) is 1. The van der Waals surface area contributed by atoms with Crippen LogP contribution in [0.5, 0.6) is 0 Å². The van der Waals surface area contributed by atoms with Crippen molar-refractivity contribution in [2.45, 2.75) is 26.8 Å². The molecule has 1 aliphatic heterocycles. The first kappa shape index (κ1) is 18.0. The van der Waals surface area contributed by atoms with Gasteiger partial charge in [0.15, 0.2) is 0 Å². The molecule has 0 saturated carbocycles. The molecule has 0 radical (unpaired) electrons. The van der Waals surface area contributed by atoms with Gasteiger partial charge in [-0.05, 0) is 24.8 Å². The monoisotopic (exact) mass is 343 g/mol. The molecule has 2 heterocycles.